The highest BCUT2D eigenvalue weighted by atomic mass is 32.2. The van der Waals surface area contributed by atoms with E-state index in [0.717, 1.165) is 41.1 Å². The summed E-state index contributed by atoms with van der Waals surface area (Å²) in [4.78, 5) is 14.3. The molecule has 12 heteroatoms. The van der Waals surface area contributed by atoms with Crippen molar-refractivity contribution in [2.45, 2.75) is 23.9 Å². The number of aromatic nitrogens is 2. The normalized spacial score (nSPS) is 19.6. The summed E-state index contributed by atoms with van der Waals surface area (Å²) in [7, 11) is -4.20. The third-order valence-electron chi connectivity index (χ3n) is 7.45. The lowest BCUT2D eigenvalue weighted by atomic mass is 9.66. The van der Waals surface area contributed by atoms with E-state index in [1.807, 2.05) is 6.08 Å². The molecule has 2 aromatic heterocycles. The third kappa shape index (κ3) is 4.40. The smallest absolute Gasteiger partial charge is 0.292 e. The predicted molar refractivity (Wildman–Crippen MR) is 141 cm³/mol. The van der Waals surface area contributed by atoms with Crippen LogP contribution in [0.5, 0.6) is 0 Å². The Morgan fingerprint density at radius 2 is 1.75 bits per heavy atom. The summed E-state index contributed by atoms with van der Waals surface area (Å²) in [6, 6.07) is 12.7. The number of carbonyl (C=O) groups excluding carboxylic acids is 1. The molecule has 2 aliphatic rings. The van der Waals surface area contributed by atoms with Gasteiger partial charge < -0.3 is 0 Å². The molecule has 1 atom stereocenters. The molecule has 0 N–H and O–H groups in total. The van der Waals surface area contributed by atoms with Gasteiger partial charge in [0.1, 0.15) is 5.82 Å². The third-order valence-corrected chi connectivity index (χ3v) is 10.2. The summed E-state index contributed by atoms with van der Waals surface area (Å²) in [5.74, 6) is -0.605. The maximum absolute atomic E-state index is 14.1. The van der Waals surface area contributed by atoms with Gasteiger partial charge in [0, 0.05) is 13.1 Å². The van der Waals surface area contributed by atoms with Gasteiger partial charge >= 0.3 is 6.18 Å². The van der Waals surface area contributed by atoms with Crippen LogP contribution in [0.1, 0.15) is 32.9 Å². The number of ketones is 1. The van der Waals surface area contributed by atoms with Crippen molar-refractivity contribution in [3.8, 4) is 5.69 Å². The van der Waals surface area contributed by atoms with Gasteiger partial charge in [-0.05, 0) is 84.5 Å². The molecule has 2 aromatic carbocycles. The standard InChI is InChI=1S/C28H21F4N3O3S2/c29-21-5-7-22(8-6-21)35-24-14-20-11-12-34(40(37,38)23-9-3-19(4-10-23)28(30,31)32)17-27(20,15-18(24)16-33-35)26(36)25-2-1-13-39-25/h1-10,13-14,16H,11-12,15,17H2/t27-/m0/s1. The van der Waals surface area contributed by atoms with Crippen molar-refractivity contribution >= 4 is 33.2 Å². The van der Waals surface area contributed by atoms with Crippen LogP contribution in [0.4, 0.5) is 17.6 Å². The minimum Gasteiger partial charge on any atom is -0.292 e. The fourth-order valence-electron chi connectivity index (χ4n) is 5.42. The van der Waals surface area contributed by atoms with Crippen molar-refractivity contribution in [2.75, 3.05) is 13.1 Å². The lowest BCUT2D eigenvalue weighted by molar-refractivity contribution is -0.137. The number of nitrogens with zero attached hydrogens (tertiary/aromatic N) is 3. The van der Waals surface area contributed by atoms with Crippen LogP contribution in [-0.4, -0.2) is 41.4 Å². The highest BCUT2D eigenvalue weighted by Crippen LogP contribution is 2.47. The van der Waals surface area contributed by atoms with Crippen molar-refractivity contribution < 1.29 is 30.8 Å². The monoisotopic (exact) mass is 587 g/mol. The van der Waals surface area contributed by atoms with Crippen LogP contribution in [0.3, 0.4) is 0 Å². The van der Waals surface area contributed by atoms with Crippen molar-refractivity contribution in [1.82, 2.24) is 14.1 Å². The quantitative estimate of drug-likeness (QED) is 0.212. The number of carbonyl (C=O) groups is 1. The number of hydrogen-bond acceptors (Lipinski definition) is 5. The summed E-state index contributed by atoms with van der Waals surface area (Å²) < 4.78 is 82.7. The number of halogens is 4. The topological polar surface area (TPSA) is 72.3 Å². The van der Waals surface area contributed by atoms with Crippen molar-refractivity contribution in [3.63, 3.8) is 0 Å². The Hall–Kier alpha value is -3.61. The van der Waals surface area contributed by atoms with E-state index < -0.39 is 27.2 Å². The highest BCUT2D eigenvalue weighted by molar-refractivity contribution is 7.89. The molecule has 6 nitrogen and oxygen atoms in total. The van der Waals surface area contributed by atoms with E-state index in [-0.39, 0.29) is 42.4 Å². The van der Waals surface area contributed by atoms with E-state index in [9.17, 15) is 30.8 Å². The van der Waals surface area contributed by atoms with Crippen LogP contribution < -0.4 is 0 Å². The Labute approximate surface area is 231 Å². The SMILES string of the molecule is O=C(c1cccs1)[C@]12Cc3cnn(-c4ccc(F)cc4)c3C=C1CCN(S(=O)(=O)c1ccc(C(F)(F)F)cc1)C2. The molecule has 40 heavy (non-hydrogen) atoms. The molecule has 0 spiro atoms. The summed E-state index contributed by atoms with van der Waals surface area (Å²) in [5, 5.41) is 6.24. The lowest BCUT2D eigenvalue weighted by Gasteiger charge is -2.44. The highest BCUT2D eigenvalue weighted by Gasteiger charge is 2.51. The van der Waals surface area contributed by atoms with Gasteiger partial charge in [0.2, 0.25) is 10.0 Å². The van der Waals surface area contributed by atoms with Crippen LogP contribution in [0, 0.1) is 11.2 Å². The van der Waals surface area contributed by atoms with E-state index in [4.69, 9.17) is 0 Å². The molecule has 1 fully saturated rings. The van der Waals surface area contributed by atoms with Crippen LogP contribution in [-0.2, 0) is 22.6 Å². The lowest BCUT2D eigenvalue weighted by Crippen LogP contribution is -2.53. The van der Waals surface area contributed by atoms with E-state index in [2.05, 4.69) is 5.10 Å². The van der Waals surface area contributed by atoms with Gasteiger partial charge in [-0.1, -0.05) is 11.6 Å². The molecule has 0 bridgehead atoms. The zero-order valence-electron chi connectivity index (χ0n) is 20.7. The molecule has 1 aliphatic carbocycles. The van der Waals surface area contributed by atoms with E-state index >= 15 is 0 Å². The Morgan fingerprint density at radius 3 is 2.40 bits per heavy atom. The largest absolute Gasteiger partial charge is 0.416 e. The number of sulfonamides is 1. The number of benzene rings is 2. The van der Waals surface area contributed by atoms with E-state index in [1.54, 1.807) is 40.5 Å². The molecule has 4 aromatic rings. The van der Waals surface area contributed by atoms with E-state index in [1.165, 1.54) is 27.8 Å². The summed E-state index contributed by atoms with van der Waals surface area (Å²) in [6.07, 6.45) is -0.680. The van der Waals surface area contributed by atoms with Crippen LogP contribution in [0.2, 0.25) is 0 Å². The van der Waals surface area contributed by atoms with Crippen molar-refractivity contribution in [3.05, 3.63) is 105 Å². The zero-order chi connectivity index (χ0) is 28.3. The van der Waals surface area contributed by atoms with Gasteiger partial charge in [0.05, 0.1) is 38.3 Å². The molecule has 0 unspecified atom stereocenters. The fourth-order valence-corrected chi connectivity index (χ4v) is 7.68. The first-order chi connectivity index (χ1) is 19.0. The number of piperidine rings is 1. The number of rotatable bonds is 5. The van der Waals surface area contributed by atoms with Gasteiger partial charge in [-0.15, -0.1) is 11.3 Å². The van der Waals surface area contributed by atoms with Crippen LogP contribution in [0.25, 0.3) is 11.8 Å². The van der Waals surface area contributed by atoms with E-state index in [0.29, 0.717) is 10.6 Å². The van der Waals surface area contributed by atoms with Gasteiger partial charge in [-0.25, -0.2) is 17.5 Å². The Kier molecular flexibility index (Phi) is 6.32. The second-order valence-corrected chi connectivity index (χ2v) is 12.7. The predicted octanol–water partition coefficient (Wildman–Crippen LogP) is 6.00. The number of Topliss-reactive ketones (excluding diaryl/α,β-unsaturated/α-hetero) is 1. The summed E-state index contributed by atoms with van der Waals surface area (Å²) >= 11 is 1.26. The fraction of sp³-hybridized carbons (Fsp3) is 0.214. The minimum atomic E-state index is -4.59. The average Bonchev–Trinajstić information content (AvgIpc) is 3.61. The molecule has 1 saturated heterocycles. The maximum Gasteiger partial charge on any atom is 0.416 e. The first-order valence-corrected chi connectivity index (χ1v) is 14.6. The molecular formula is C28H21F4N3O3S2. The molecule has 3 heterocycles. The minimum absolute atomic E-state index is 0.0503. The second-order valence-electron chi connectivity index (χ2n) is 9.79. The summed E-state index contributed by atoms with van der Waals surface area (Å²) in [5.41, 5.74) is 0.686. The molecule has 0 radical (unpaired) electrons. The molecule has 0 amide bonds. The Bertz CT molecular complexity index is 1730. The summed E-state index contributed by atoms with van der Waals surface area (Å²) in [6.45, 7) is -0.116. The molecule has 1 aliphatic heterocycles. The Morgan fingerprint density at radius 1 is 1.02 bits per heavy atom. The number of fused-ring (bicyclic) bond motifs is 2. The van der Waals surface area contributed by atoms with Crippen LogP contribution in [0.15, 0.2) is 82.7 Å². The Balaban J connectivity index is 1.40. The van der Waals surface area contributed by atoms with Crippen molar-refractivity contribution in [2.24, 2.45) is 5.41 Å². The average molecular weight is 588 g/mol. The van der Waals surface area contributed by atoms with Crippen LogP contribution >= 0.6 is 11.3 Å². The van der Waals surface area contributed by atoms with Crippen molar-refractivity contribution in [1.29, 1.82) is 0 Å². The molecule has 206 valence electrons. The van der Waals surface area contributed by atoms with Gasteiger partial charge in [0.15, 0.2) is 5.78 Å². The van der Waals surface area contributed by atoms with Gasteiger partial charge in [-0.3, -0.25) is 4.79 Å². The molecular weight excluding hydrogens is 566 g/mol. The zero-order valence-corrected chi connectivity index (χ0v) is 22.4. The number of thiophene rings is 1. The number of alkyl halides is 3. The first kappa shape index (κ1) is 26.6. The van der Waals surface area contributed by atoms with Gasteiger partial charge in [-0.2, -0.15) is 22.6 Å². The molecule has 6 rings (SSSR count). The number of hydrogen-bond donors (Lipinski definition) is 0. The molecule has 0 saturated carbocycles. The second kappa shape index (κ2) is 9.50. The first-order valence-electron chi connectivity index (χ1n) is 12.3. The van der Waals surface area contributed by atoms with Gasteiger partial charge in [0.25, 0.3) is 0 Å². The maximum atomic E-state index is 14.1.